The fourth-order valence-electron chi connectivity index (χ4n) is 1.69. The number of ether oxygens (including phenoxy) is 1. The minimum atomic E-state index is -0.221. The zero-order valence-corrected chi connectivity index (χ0v) is 11.7. The van der Waals surface area contributed by atoms with Gasteiger partial charge in [-0.2, -0.15) is 0 Å². The maximum absolute atomic E-state index is 11.7. The van der Waals surface area contributed by atoms with Gasteiger partial charge in [-0.1, -0.05) is 25.1 Å². The third-order valence-corrected chi connectivity index (χ3v) is 2.88. The molecule has 0 bridgehead atoms. The molecule has 0 spiro atoms. The Kier molecular flexibility index (Phi) is 4.71. The monoisotopic (exact) mass is 270 g/mol. The lowest BCUT2D eigenvalue weighted by molar-refractivity contribution is -0.118. The number of rotatable bonds is 5. The molecule has 0 aliphatic heterocycles. The van der Waals surface area contributed by atoms with E-state index in [9.17, 15) is 4.79 Å². The molecule has 0 atom stereocenters. The Bertz CT molecular complexity index is 562. The predicted octanol–water partition coefficient (Wildman–Crippen LogP) is 2.97. The van der Waals surface area contributed by atoms with Gasteiger partial charge in [-0.25, -0.2) is 4.98 Å². The molecule has 2 aromatic rings. The first kappa shape index (κ1) is 14.1. The molecule has 0 saturated carbocycles. The van der Waals surface area contributed by atoms with Crippen molar-refractivity contribution in [1.82, 2.24) is 4.98 Å². The van der Waals surface area contributed by atoms with Gasteiger partial charge >= 0.3 is 0 Å². The van der Waals surface area contributed by atoms with Crippen molar-refractivity contribution in [2.75, 3.05) is 11.9 Å². The van der Waals surface area contributed by atoms with Crippen LogP contribution in [0.2, 0.25) is 0 Å². The Hall–Kier alpha value is -2.36. The number of nitrogens with zero attached hydrogens (tertiary/aromatic N) is 1. The van der Waals surface area contributed by atoms with E-state index in [-0.39, 0.29) is 12.5 Å². The summed E-state index contributed by atoms with van der Waals surface area (Å²) in [5, 5.41) is 2.69. The molecule has 4 nitrogen and oxygen atoms in total. The molecule has 4 heteroatoms. The minimum Gasteiger partial charge on any atom is -0.484 e. The van der Waals surface area contributed by atoms with E-state index < -0.39 is 0 Å². The van der Waals surface area contributed by atoms with Crippen molar-refractivity contribution < 1.29 is 9.53 Å². The first-order valence-electron chi connectivity index (χ1n) is 6.61. The number of hydrogen-bond acceptors (Lipinski definition) is 3. The highest BCUT2D eigenvalue weighted by Crippen LogP contribution is 2.12. The maximum Gasteiger partial charge on any atom is 0.263 e. The lowest BCUT2D eigenvalue weighted by Gasteiger charge is -2.07. The first-order valence-corrected chi connectivity index (χ1v) is 6.61. The average Bonchev–Trinajstić information content (AvgIpc) is 2.48. The summed E-state index contributed by atoms with van der Waals surface area (Å²) in [5.74, 6) is 1.00. The molecule has 1 amide bonds. The van der Waals surface area contributed by atoms with E-state index in [4.69, 9.17) is 4.74 Å². The van der Waals surface area contributed by atoms with Crippen LogP contribution < -0.4 is 10.1 Å². The number of pyridine rings is 1. The second-order valence-corrected chi connectivity index (χ2v) is 4.56. The van der Waals surface area contributed by atoms with E-state index in [0.29, 0.717) is 11.6 Å². The minimum absolute atomic E-state index is 0.0268. The lowest BCUT2D eigenvalue weighted by atomic mass is 10.2. The summed E-state index contributed by atoms with van der Waals surface area (Å²) in [7, 11) is 0. The molecule has 0 aliphatic rings. The van der Waals surface area contributed by atoms with Crippen LogP contribution in [0.15, 0.2) is 42.6 Å². The quantitative estimate of drug-likeness (QED) is 0.908. The van der Waals surface area contributed by atoms with Gasteiger partial charge in [0.05, 0.1) is 0 Å². The highest BCUT2D eigenvalue weighted by Gasteiger charge is 2.04. The standard InChI is InChI=1S/C16H18N2O2/c1-3-13-5-7-14(8-6-13)20-11-16(19)18-15-9-4-12(2)10-17-15/h4-10H,3,11H2,1-2H3,(H,17,18,19). The molecule has 104 valence electrons. The van der Waals surface area contributed by atoms with Gasteiger partial charge in [-0.05, 0) is 42.7 Å². The number of carbonyl (C=O) groups excluding carboxylic acids is 1. The molecule has 1 aromatic carbocycles. The smallest absolute Gasteiger partial charge is 0.263 e. The van der Waals surface area contributed by atoms with Crippen molar-refractivity contribution in [3.05, 3.63) is 53.7 Å². The Morgan fingerprint density at radius 1 is 1.20 bits per heavy atom. The van der Waals surface area contributed by atoms with Crippen molar-refractivity contribution in [3.8, 4) is 5.75 Å². The predicted molar refractivity (Wildman–Crippen MR) is 78.9 cm³/mol. The molecule has 1 aromatic heterocycles. The Labute approximate surface area is 118 Å². The molecule has 0 aliphatic carbocycles. The molecule has 1 heterocycles. The third-order valence-electron chi connectivity index (χ3n) is 2.88. The van der Waals surface area contributed by atoms with Crippen LogP contribution in [0.5, 0.6) is 5.75 Å². The SMILES string of the molecule is CCc1ccc(OCC(=O)Nc2ccc(C)cn2)cc1. The van der Waals surface area contributed by atoms with Crippen LogP contribution in [-0.4, -0.2) is 17.5 Å². The molecular weight excluding hydrogens is 252 g/mol. The van der Waals surface area contributed by atoms with E-state index in [1.54, 1.807) is 12.3 Å². The highest BCUT2D eigenvalue weighted by molar-refractivity contribution is 5.90. The average molecular weight is 270 g/mol. The van der Waals surface area contributed by atoms with Gasteiger partial charge in [0.15, 0.2) is 6.61 Å². The summed E-state index contributed by atoms with van der Waals surface area (Å²) >= 11 is 0. The van der Waals surface area contributed by atoms with Gasteiger partial charge in [-0.15, -0.1) is 0 Å². The van der Waals surface area contributed by atoms with Gasteiger partial charge in [-0.3, -0.25) is 4.79 Å². The number of carbonyl (C=O) groups is 1. The van der Waals surface area contributed by atoms with Crippen LogP contribution in [0, 0.1) is 6.92 Å². The molecule has 0 fully saturated rings. The van der Waals surface area contributed by atoms with Gasteiger partial charge in [0.2, 0.25) is 0 Å². The molecule has 0 unspecified atom stereocenters. The molecule has 0 saturated heterocycles. The highest BCUT2D eigenvalue weighted by atomic mass is 16.5. The van der Waals surface area contributed by atoms with Crippen molar-refractivity contribution in [1.29, 1.82) is 0 Å². The zero-order valence-electron chi connectivity index (χ0n) is 11.7. The van der Waals surface area contributed by atoms with E-state index >= 15 is 0 Å². The van der Waals surface area contributed by atoms with Crippen LogP contribution in [0.3, 0.4) is 0 Å². The number of hydrogen-bond donors (Lipinski definition) is 1. The molecule has 2 rings (SSSR count). The number of aromatic nitrogens is 1. The van der Waals surface area contributed by atoms with Gasteiger partial charge < -0.3 is 10.1 Å². The molecule has 1 N–H and O–H groups in total. The van der Waals surface area contributed by atoms with E-state index in [1.165, 1.54) is 5.56 Å². The van der Waals surface area contributed by atoms with Gasteiger partial charge in [0.1, 0.15) is 11.6 Å². The maximum atomic E-state index is 11.7. The van der Waals surface area contributed by atoms with Crippen molar-refractivity contribution >= 4 is 11.7 Å². The van der Waals surface area contributed by atoms with Crippen LogP contribution in [0.1, 0.15) is 18.1 Å². The van der Waals surface area contributed by atoms with Crippen LogP contribution >= 0.6 is 0 Å². The van der Waals surface area contributed by atoms with Gasteiger partial charge in [0, 0.05) is 6.20 Å². The summed E-state index contributed by atoms with van der Waals surface area (Å²) in [6.07, 6.45) is 2.69. The van der Waals surface area contributed by atoms with Crippen molar-refractivity contribution in [2.24, 2.45) is 0 Å². The topological polar surface area (TPSA) is 51.2 Å². The number of amides is 1. The van der Waals surface area contributed by atoms with Crippen LogP contribution in [-0.2, 0) is 11.2 Å². The normalized spacial score (nSPS) is 10.1. The summed E-state index contributed by atoms with van der Waals surface area (Å²) < 4.78 is 5.42. The number of nitrogens with one attached hydrogen (secondary N) is 1. The largest absolute Gasteiger partial charge is 0.484 e. The van der Waals surface area contributed by atoms with E-state index in [1.807, 2.05) is 37.3 Å². The molecule has 20 heavy (non-hydrogen) atoms. The lowest BCUT2D eigenvalue weighted by Crippen LogP contribution is -2.20. The van der Waals surface area contributed by atoms with E-state index in [0.717, 1.165) is 12.0 Å². The van der Waals surface area contributed by atoms with Crippen molar-refractivity contribution in [3.63, 3.8) is 0 Å². The number of aryl methyl sites for hydroxylation is 2. The summed E-state index contributed by atoms with van der Waals surface area (Å²) in [5.41, 5.74) is 2.29. The van der Waals surface area contributed by atoms with Crippen LogP contribution in [0.4, 0.5) is 5.82 Å². The number of anilines is 1. The molecular formula is C16H18N2O2. The van der Waals surface area contributed by atoms with Crippen molar-refractivity contribution in [2.45, 2.75) is 20.3 Å². The fourth-order valence-corrected chi connectivity index (χ4v) is 1.69. The first-order chi connectivity index (χ1) is 9.67. The summed E-state index contributed by atoms with van der Waals surface area (Å²) in [6.45, 7) is 4.01. The summed E-state index contributed by atoms with van der Waals surface area (Å²) in [4.78, 5) is 15.8. The Balaban J connectivity index is 1.83. The second-order valence-electron chi connectivity index (χ2n) is 4.56. The molecule has 0 radical (unpaired) electrons. The third kappa shape index (κ3) is 4.09. The van der Waals surface area contributed by atoms with Gasteiger partial charge in [0.25, 0.3) is 5.91 Å². The number of benzene rings is 1. The second kappa shape index (κ2) is 6.70. The Morgan fingerprint density at radius 2 is 1.95 bits per heavy atom. The van der Waals surface area contributed by atoms with Crippen LogP contribution in [0.25, 0.3) is 0 Å². The fraction of sp³-hybridized carbons (Fsp3) is 0.250. The zero-order chi connectivity index (χ0) is 14.4. The Morgan fingerprint density at radius 3 is 2.55 bits per heavy atom. The summed E-state index contributed by atoms with van der Waals surface area (Å²) in [6, 6.07) is 11.4. The van der Waals surface area contributed by atoms with E-state index in [2.05, 4.69) is 17.2 Å².